The number of hydrogen-bond acceptors (Lipinski definition) is 32. The van der Waals surface area contributed by atoms with Gasteiger partial charge in [0.05, 0.1) is 50.2 Å². The largest absolute Gasteiger partial charge is 0.432 e. The molecule has 10 rings (SSSR count). The lowest BCUT2D eigenvalue weighted by molar-refractivity contribution is -0.398. The molecular weight excluding hydrogens is 1180 g/mol. The van der Waals surface area contributed by atoms with E-state index in [1.54, 1.807) is 6.92 Å². The first-order valence-corrected chi connectivity index (χ1v) is 30.3. The average Bonchev–Trinajstić information content (AvgIpc) is 0.951. The molecule has 6 saturated heterocycles. The number of esters is 1. The number of aliphatic hydroxyl groups is 19. The van der Waals surface area contributed by atoms with Gasteiger partial charge in [0.25, 0.3) is 0 Å². The molecule has 36 atom stereocenters. The normalized spacial score (nSPS) is 55.0. The van der Waals surface area contributed by atoms with E-state index < -0.39 is 251 Å². The van der Waals surface area contributed by atoms with Crippen LogP contribution in [-0.2, 0) is 61.6 Å². The smallest absolute Gasteiger partial charge is 0.314 e. The lowest BCUT2D eigenvalue weighted by Crippen LogP contribution is -2.68. The molecule has 32 nitrogen and oxygen atoms in total. The number of rotatable bonds is 17. The Kier molecular flexibility index (Phi) is 20.9. The van der Waals surface area contributed by atoms with Gasteiger partial charge in [-0.05, 0) is 93.5 Å². The Morgan fingerprint density at radius 3 is 1.31 bits per heavy atom. The van der Waals surface area contributed by atoms with Crippen LogP contribution >= 0.6 is 0 Å². The van der Waals surface area contributed by atoms with Crippen molar-refractivity contribution >= 4 is 5.97 Å². The lowest BCUT2D eigenvalue weighted by atomic mass is 9.41. The first-order valence-electron chi connectivity index (χ1n) is 30.3. The Morgan fingerprint density at radius 2 is 0.841 bits per heavy atom. The predicted molar refractivity (Wildman–Crippen MR) is 283 cm³/mol. The van der Waals surface area contributed by atoms with Crippen LogP contribution in [0.15, 0.2) is 12.2 Å². The van der Waals surface area contributed by atoms with E-state index in [4.69, 9.17) is 56.8 Å². The highest BCUT2D eigenvalue weighted by atomic mass is 16.8. The van der Waals surface area contributed by atoms with Gasteiger partial charge in [0.15, 0.2) is 37.6 Å². The van der Waals surface area contributed by atoms with Crippen molar-refractivity contribution < 1.29 is 159 Å². The Balaban J connectivity index is 0.919. The molecular formula is C56H90O32. The molecule has 32 heteroatoms. The Hall–Kier alpha value is -1.99. The van der Waals surface area contributed by atoms with Gasteiger partial charge in [-0.25, -0.2) is 0 Å². The van der Waals surface area contributed by atoms with Crippen molar-refractivity contribution in [2.24, 2.45) is 28.1 Å². The van der Waals surface area contributed by atoms with Crippen LogP contribution in [0.4, 0.5) is 0 Å². The Labute approximate surface area is 505 Å². The molecule has 36 unspecified atom stereocenters. The molecule has 0 aromatic carbocycles. The fraction of sp³-hybridized carbons (Fsp3) is 0.946. The van der Waals surface area contributed by atoms with E-state index >= 15 is 4.79 Å². The van der Waals surface area contributed by atoms with Crippen LogP contribution in [0.5, 0.6) is 0 Å². The average molecular weight is 1280 g/mol. The third kappa shape index (κ3) is 12.0. The van der Waals surface area contributed by atoms with Crippen LogP contribution in [0, 0.1) is 28.1 Å². The summed E-state index contributed by atoms with van der Waals surface area (Å²) in [6.07, 6.45) is -50.1. The van der Waals surface area contributed by atoms with Crippen LogP contribution in [0.2, 0.25) is 0 Å². The van der Waals surface area contributed by atoms with E-state index in [0.29, 0.717) is 50.5 Å². The zero-order valence-corrected chi connectivity index (χ0v) is 48.9. The topological polar surface area (TPSA) is 512 Å². The summed E-state index contributed by atoms with van der Waals surface area (Å²) >= 11 is 0. The van der Waals surface area contributed by atoms with Gasteiger partial charge >= 0.3 is 5.97 Å². The lowest BCUT2D eigenvalue weighted by Gasteiger charge is -2.64. The maximum Gasteiger partial charge on any atom is 0.314 e. The second-order valence-electron chi connectivity index (χ2n) is 26.4. The Morgan fingerprint density at radius 1 is 0.455 bits per heavy atom. The summed E-state index contributed by atoms with van der Waals surface area (Å²) in [5, 5.41) is 205. The van der Waals surface area contributed by atoms with E-state index in [0.717, 1.165) is 0 Å². The fourth-order valence-electron chi connectivity index (χ4n) is 16.4. The molecule has 4 saturated carbocycles. The molecule has 6 aliphatic heterocycles. The molecule has 0 aromatic rings. The molecule has 6 heterocycles. The van der Waals surface area contributed by atoms with Crippen molar-refractivity contribution in [1.82, 2.24) is 0 Å². The van der Waals surface area contributed by atoms with Crippen LogP contribution in [0.1, 0.15) is 78.6 Å². The van der Waals surface area contributed by atoms with Crippen LogP contribution in [-0.4, -0.2) is 326 Å². The molecule has 88 heavy (non-hydrogen) atoms. The molecule has 506 valence electrons. The highest BCUT2D eigenvalue weighted by Gasteiger charge is 2.70. The maximum atomic E-state index is 15.4. The van der Waals surface area contributed by atoms with Crippen molar-refractivity contribution in [2.45, 2.75) is 268 Å². The van der Waals surface area contributed by atoms with Gasteiger partial charge in [0.2, 0.25) is 6.29 Å². The van der Waals surface area contributed by atoms with Crippen LogP contribution in [0.25, 0.3) is 0 Å². The predicted octanol–water partition coefficient (Wildman–Crippen LogP) is -8.44. The summed E-state index contributed by atoms with van der Waals surface area (Å²) < 4.78 is 73.2. The monoisotopic (exact) mass is 1270 g/mol. The van der Waals surface area contributed by atoms with Gasteiger partial charge in [0.1, 0.15) is 134 Å². The molecule has 19 N–H and O–H groups in total. The van der Waals surface area contributed by atoms with Gasteiger partial charge < -0.3 is 154 Å². The minimum Gasteiger partial charge on any atom is -0.432 e. The fourth-order valence-corrected chi connectivity index (χ4v) is 16.4. The van der Waals surface area contributed by atoms with Gasteiger partial charge in [-0.2, -0.15) is 0 Å². The Bertz CT molecular complexity index is 2380. The summed E-state index contributed by atoms with van der Waals surface area (Å²) in [6.45, 7) is 5.42. The number of aliphatic hydroxyl groups excluding tert-OH is 19. The van der Waals surface area contributed by atoms with Crippen molar-refractivity contribution in [1.29, 1.82) is 0 Å². The summed E-state index contributed by atoms with van der Waals surface area (Å²) in [4.78, 5) is 15.4. The minimum absolute atomic E-state index is 0.130. The molecule has 2 bridgehead atoms. The van der Waals surface area contributed by atoms with E-state index in [1.165, 1.54) is 6.92 Å². The van der Waals surface area contributed by atoms with Gasteiger partial charge in [-0.1, -0.05) is 19.9 Å². The molecule has 0 radical (unpaired) electrons. The first-order chi connectivity index (χ1) is 41.6. The SMILES string of the molecule is C=C1CC23CCC4C(C)(C(=O)OC5OC(CO)C(O)C(OC6OC(CO)C(O)C(O)C6O)C5OC5OC(CO)C(O)C(O)C5O)CCCC4(C)C2CCC1(OC1OC(CO)C(O)C(OC2OC(CO)C(O)C(O)C2O)C1OC1OC(C)C(O)C(O)C1O)C3. The molecule has 0 amide bonds. The highest BCUT2D eigenvalue weighted by Crippen LogP contribution is 2.74. The van der Waals surface area contributed by atoms with E-state index in [9.17, 15) is 97.0 Å². The highest BCUT2D eigenvalue weighted by molar-refractivity contribution is 5.77. The second-order valence-corrected chi connectivity index (χ2v) is 26.4. The summed E-state index contributed by atoms with van der Waals surface area (Å²) in [7, 11) is 0. The minimum atomic E-state index is -2.07. The maximum absolute atomic E-state index is 15.4. The van der Waals surface area contributed by atoms with Crippen molar-refractivity contribution in [3.05, 3.63) is 12.2 Å². The summed E-state index contributed by atoms with van der Waals surface area (Å²) in [5.41, 5.74) is -3.10. The second kappa shape index (κ2) is 26.7. The van der Waals surface area contributed by atoms with Gasteiger partial charge in [-0.15, -0.1) is 0 Å². The summed E-state index contributed by atoms with van der Waals surface area (Å²) in [6, 6.07) is 0. The zero-order chi connectivity index (χ0) is 64.0. The van der Waals surface area contributed by atoms with E-state index in [-0.39, 0.29) is 18.8 Å². The number of fused-ring (bicyclic) bond motifs is 3. The summed E-state index contributed by atoms with van der Waals surface area (Å²) in [5.74, 6) is -1.38. The standard InChI is InChI=1S/C56H90O32/c1-19-12-55-10-6-26-53(3,27(55)7-11-56(19,18-55)88-51-45(86-46-38(72)34(68)28(62)20(2)77-46)43(33(67)25(17-61)82-51)84-48-40(74)36(70)30(64)22(14-58)79-48)8-5-9-54(26,4)52(76)87-50-44(85-49-41(75)37(71)31(65)23(15-59)80-49)42(32(66)24(16-60)81-50)83-47-39(73)35(69)29(63)21(13-57)78-47/h20-51,57-75H,1,5-18H2,2-4H3. The quantitative estimate of drug-likeness (QED) is 0.0365. The molecule has 10 aliphatic rings. The third-order valence-corrected chi connectivity index (χ3v) is 21.3. The van der Waals surface area contributed by atoms with Crippen LogP contribution in [0.3, 0.4) is 0 Å². The van der Waals surface area contributed by atoms with Gasteiger partial charge in [-0.3, -0.25) is 4.79 Å². The number of ether oxygens (including phenoxy) is 12. The number of hydrogen-bond donors (Lipinski definition) is 19. The van der Waals surface area contributed by atoms with Crippen molar-refractivity contribution in [3.8, 4) is 0 Å². The first kappa shape index (κ1) is 68.9. The molecule has 0 aromatic heterocycles. The van der Waals surface area contributed by atoms with Crippen molar-refractivity contribution in [2.75, 3.05) is 33.0 Å². The van der Waals surface area contributed by atoms with Gasteiger partial charge in [0, 0.05) is 0 Å². The van der Waals surface area contributed by atoms with Crippen molar-refractivity contribution in [3.63, 3.8) is 0 Å². The zero-order valence-electron chi connectivity index (χ0n) is 48.9. The molecule has 4 aliphatic carbocycles. The number of carbonyl (C=O) groups excluding carboxylic acids is 1. The molecule has 10 fully saturated rings. The molecule has 1 spiro atoms. The van der Waals surface area contributed by atoms with E-state index in [1.807, 2.05) is 0 Å². The third-order valence-electron chi connectivity index (χ3n) is 21.3. The van der Waals surface area contributed by atoms with E-state index in [2.05, 4.69) is 13.5 Å². The number of carbonyl (C=O) groups is 1. The van der Waals surface area contributed by atoms with Crippen LogP contribution < -0.4 is 0 Å².